The lowest BCUT2D eigenvalue weighted by molar-refractivity contribution is -0.119. The third kappa shape index (κ3) is 4.55. The van der Waals surface area contributed by atoms with Crippen LogP contribution in [0.1, 0.15) is 11.1 Å². The van der Waals surface area contributed by atoms with Gasteiger partial charge in [0.1, 0.15) is 0 Å². The SMILES string of the molecule is CNC(=O)CNC(=O)NCc1ccccc1C. The first kappa shape index (κ1) is 13.0. The molecule has 0 aliphatic heterocycles. The van der Waals surface area contributed by atoms with E-state index in [1.54, 1.807) is 0 Å². The molecular formula is C12H17N3O2. The third-order valence-corrected chi connectivity index (χ3v) is 2.39. The van der Waals surface area contributed by atoms with Crippen LogP contribution in [0.2, 0.25) is 0 Å². The fraction of sp³-hybridized carbons (Fsp3) is 0.333. The predicted octanol–water partition coefficient (Wildman–Crippen LogP) is 0.540. The van der Waals surface area contributed by atoms with Crippen LogP contribution in [0, 0.1) is 6.92 Å². The van der Waals surface area contributed by atoms with E-state index in [2.05, 4.69) is 16.0 Å². The zero-order chi connectivity index (χ0) is 12.7. The zero-order valence-electron chi connectivity index (χ0n) is 10.0. The van der Waals surface area contributed by atoms with E-state index in [0.29, 0.717) is 6.54 Å². The number of carbonyl (C=O) groups excluding carboxylic acids is 2. The van der Waals surface area contributed by atoms with E-state index in [0.717, 1.165) is 11.1 Å². The topological polar surface area (TPSA) is 70.2 Å². The van der Waals surface area contributed by atoms with Crippen LogP contribution < -0.4 is 16.0 Å². The van der Waals surface area contributed by atoms with Crippen molar-refractivity contribution in [3.63, 3.8) is 0 Å². The van der Waals surface area contributed by atoms with Crippen molar-refractivity contribution in [3.05, 3.63) is 35.4 Å². The summed E-state index contributed by atoms with van der Waals surface area (Å²) >= 11 is 0. The second-order valence-corrected chi connectivity index (χ2v) is 3.64. The number of hydrogen-bond acceptors (Lipinski definition) is 2. The summed E-state index contributed by atoms with van der Waals surface area (Å²) in [7, 11) is 1.52. The number of nitrogens with one attached hydrogen (secondary N) is 3. The maximum Gasteiger partial charge on any atom is 0.315 e. The lowest BCUT2D eigenvalue weighted by Crippen LogP contribution is -2.40. The number of carbonyl (C=O) groups is 2. The van der Waals surface area contributed by atoms with E-state index >= 15 is 0 Å². The molecule has 5 nitrogen and oxygen atoms in total. The Bertz CT molecular complexity index is 404. The highest BCUT2D eigenvalue weighted by Crippen LogP contribution is 2.05. The molecule has 3 amide bonds. The van der Waals surface area contributed by atoms with Gasteiger partial charge in [-0.05, 0) is 18.1 Å². The summed E-state index contributed by atoms with van der Waals surface area (Å²) in [5.41, 5.74) is 2.18. The molecule has 0 saturated heterocycles. The van der Waals surface area contributed by atoms with Gasteiger partial charge in [0.15, 0.2) is 0 Å². The summed E-state index contributed by atoms with van der Waals surface area (Å²) in [4.78, 5) is 22.2. The molecule has 1 aromatic carbocycles. The monoisotopic (exact) mass is 235 g/mol. The molecule has 0 unspecified atom stereocenters. The number of hydrogen-bond donors (Lipinski definition) is 3. The van der Waals surface area contributed by atoms with E-state index in [1.807, 2.05) is 31.2 Å². The average molecular weight is 235 g/mol. The molecule has 1 aromatic rings. The van der Waals surface area contributed by atoms with Gasteiger partial charge in [0.25, 0.3) is 0 Å². The Morgan fingerprint density at radius 3 is 2.53 bits per heavy atom. The van der Waals surface area contributed by atoms with Crippen LogP contribution in [0.15, 0.2) is 24.3 Å². The first-order valence-electron chi connectivity index (χ1n) is 5.40. The van der Waals surface area contributed by atoms with Gasteiger partial charge in [0.2, 0.25) is 5.91 Å². The van der Waals surface area contributed by atoms with Gasteiger partial charge in [-0.15, -0.1) is 0 Å². The Hall–Kier alpha value is -2.04. The maximum atomic E-state index is 11.3. The fourth-order valence-electron chi connectivity index (χ4n) is 1.30. The summed E-state index contributed by atoms with van der Waals surface area (Å²) < 4.78 is 0. The Labute approximate surface area is 101 Å². The molecular weight excluding hydrogens is 218 g/mol. The van der Waals surface area contributed by atoms with Gasteiger partial charge in [0, 0.05) is 13.6 Å². The van der Waals surface area contributed by atoms with Crippen molar-refractivity contribution < 1.29 is 9.59 Å². The summed E-state index contributed by atoms with van der Waals surface area (Å²) in [6.07, 6.45) is 0. The third-order valence-electron chi connectivity index (χ3n) is 2.39. The van der Waals surface area contributed by atoms with Crippen LogP contribution in [0.25, 0.3) is 0 Å². The van der Waals surface area contributed by atoms with Crippen molar-refractivity contribution >= 4 is 11.9 Å². The molecule has 0 heterocycles. The van der Waals surface area contributed by atoms with Crippen LogP contribution in [0.5, 0.6) is 0 Å². The largest absolute Gasteiger partial charge is 0.358 e. The number of aryl methyl sites for hydroxylation is 1. The predicted molar refractivity (Wildman–Crippen MR) is 65.5 cm³/mol. The van der Waals surface area contributed by atoms with Crippen LogP contribution in [0.4, 0.5) is 4.79 Å². The molecule has 0 atom stereocenters. The summed E-state index contributed by atoms with van der Waals surface area (Å²) in [6, 6.07) is 7.46. The van der Waals surface area contributed by atoms with E-state index in [9.17, 15) is 9.59 Å². The lowest BCUT2D eigenvalue weighted by atomic mass is 10.1. The molecule has 0 aliphatic carbocycles. The van der Waals surface area contributed by atoms with Gasteiger partial charge in [-0.25, -0.2) is 4.79 Å². The van der Waals surface area contributed by atoms with Crippen molar-refractivity contribution in [2.45, 2.75) is 13.5 Å². The first-order valence-corrected chi connectivity index (χ1v) is 5.40. The van der Waals surface area contributed by atoms with Gasteiger partial charge >= 0.3 is 6.03 Å². The second-order valence-electron chi connectivity index (χ2n) is 3.64. The highest BCUT2D eigenvalue weighted by molar-refractivity contribution is 5.83. The van der Waals surface area contributed by atoms with Crippen LogP contribution >= 0.6 is 0 Å². The van der Waals surface area contributed by atoms with Gasteiger partial charge < -0.3 is 16.0 Å². The van der Waals surface area contributed by atoms with E-state index in [4.69, 9.17) is 0 Å². The molecule has 1 rings (SSSR count). The highest BCUT2D eigenvalue weighted by Gasteiger charge is 2.03. The first-order chi connectivity index (χ1) is 8.13. The minimum Gasteiger partial charge on any atom is -0.358 e. The Balaban J connectivity index is 2.34. The Morgan fingerprint density at radius 1 is 1.18 bits per heavy atom. The van der Waals surface area contributed by atoms with Crippen LogP contribution in [0.3, 0.4) is 0 Å². The minimum absolute atomic E-state index is 0.0178. The standard InChI is InChI=1S/C12H17N3O2/c1-9-5-3-4-6-10(9)7-14-12(17)15-8-11(16)13-2/h3-6H,7-8H2,1-2H3,(H,13,16)(H2,14,15,17). The van der Waals surface area contributed by atoms with Crippen molar-refractivity contribution in [1.82, 2.24) is 16.0 Å². The van der Waals surface area contributed by atoms with Gasteiger partial charge in [0.05, 0.1) is 6.54 Å². The molecule has 0 radical (unpaired) electrons. The summed E-state index contributed by atoms with van der Waals surface area (Å²) in [5.74, 6) is -0.226. The van der Waals surface area contributed by atoms with E-state index in [1.165, 1.54) is 7.05 Å². The molecule has 0 fully saturated rings. The number of benzene rings is 1. The quantitative estimate of drug-likeness (QED) is 0.713. The number of urea groups is 1. The molecule has 0 aliphatic rings. The van der Waals surface area contributed by atoms with Crippen LogP contribution in [-0.2, 0) is 11.3 Å². The van der Waals surface area contributed by atoms with Gasteiger partial charge in [-0.3, -0.25) is 4.79 Å². The smallest absolute Gasteiger partial charge is 0.315 e. The summed E-state index contributed by atoms with van der Waals surface area (Å²) in [5, 5.41) is 7.57. The second kappa shape index (κ2) is 6.52. The van der Waals surface area contributed by atoms with E-state index in [-0.39, 0.29) is 18.5 Å². The minimum atomic E-state index is -0.350. The maximum absolute atomic E-state index is 11.3. The van der Waals surface area contributed by atoms with Crippen LogP contribution in [-0.4, -0.2) is 25.5 Å². The molecule has 92 valence electrons. The number of rotatable bonds is 4. The lowest BCUT2D eigenvalue weighted by Gasteiger charge is -2.08. The summed E-state index contributed by atoms with van der Waals surface area (Å²) in [6.45, 7) is 2.42. The molecule has 0 saturated carbocycles. The van der Waals surface area contributed by atoms with Gasteiger partial charge in [-0.1, -0.05) is 24.3 Å². The molecule has 0 aromatic heterocycles. The van der Waals surface area contributed by atoms with Gasteiger partial charge in [-0.2, -0.15) is 0 Å². The van der Waals surface area contributed by atoms with Crippen molar-refractivity contribution in [1.29, 1.82) is 0 Å². The van der Waals surface area contributed by atoms with Crippen molar-refractivity contribution in [2.24, 2.45) is 0 Å². The van der Waals surface area contributed by atoms with Crippen molar-refractivity contribution in [2.75, 3.05) is 13.6 Å². The van der Waals surface area contributed by atoms with E-state index < -0.39 is 0 Å². The highest BCUT2D eigenvalue weighted by atomic mass is 16.2. The Kier molecular flexibility index (Phi) is 5.00. The molecule has 0 spiro atoms. The zero-order valence-corrected chi connectivity index (χ0v) is 10.0. The fourth-order valence-corrected chi connectivity index (χ4v) is 1.30. The molecule has 5 heteroatoms. The molecule has 17 heavy (non-hydrogen) atoms. The molecule has 0 bridgehead atoms. The number of amides is 3. The number of likely N-dealkylation sites (N-methyl/N-ethyl adjacent to an activating group) is 1. The Morgan fingerprint density at radius 2 is 1.88 bits per heavy atom. The molecule has 3 N–H and O–H groups in total. The average Bonchev–Trinajstić information content (AvgIpc) is 2.35. The normalized spacial score (nSPS) is 9.53. The van der Waals surface area contributed by atoms with Crippen molar-refractivity contribution in [3.8, 4) is 0 Å².